The standard InChI is InChI=1S/C18H23ClFN3O3/c1-17(2)6-11(22-10-24)7-18(3,8-17)9-21-16(26)23-14-4-12(19)15(25)5-13(14)20/h4-5,11,25H,6-9H2,1-3H3,(H2,21,23,26). The summed E-state index contributed by atoms with van der Waals surface area (Å²) in [5.41, 5.74) is -0.398. The zero-order valence-corrected chi connectivity index (χ0v) is 15.8. The number of urea groups is 1. The Balaban J connectivity index is 2.01. The molecule has 0 aromatic heterocycles. The summed E-state index contributed by atoms with van der Waals surface area (Å²) < 4.78 is 13.8. The number of halogens is 2. The summed E-state index contributed by atoms with van der Waals surface area (Å²) in [6, 6.07) is 1.28. The zero-order chi connectivity index (χ0) is 19.5. The minimum atomic E-state index is -0.785. The molecule has 26 heavy (non-hydrogen) atoms. The molecule has 0 heterocycles. The maximum absolute atomic E-state index is 13.8. The van der Waals surface area contributed by atoms with Crippen LogP contribution >= 0.6 is 11.6 Å². The third-order valence-corrected chi connectivity index (χ3v) is 4.92. The Morgan fingerprint density at radius 2 is 2.12 bits per heavy atom. The normalized spacial score (nSPS) is 24.4. The molecule has 0 spiro atoms. The smallest absolute Gasteiger partial charge is 0.319 e. The van der Waals surface area contributed by atoms with E-state index in [1.165, 1.54) is 0 Å². The molecule has 3 N–H and O–H groups in total. The van der Waals surface area contributed by atoms with Gasteiger partial charge in [-0.05, 0) is 36.2 Å². The van der Waals surface area contributed by atoms with E-state index < -0.39 is 17.6 Å². The van der Waals surface area contributed by atoms with Crippen molar-refractivity contribution in [2.24, 2.45) is 15.8 Å². The van der Waals surface area contributed by atoms with E-state index in [1.807, 2.05) is 6.92 Å². The number of nitrogens with zero attached hydrogens (tertiary/aromatic N) is 1. The summed E-state index contributed by atoms with van der Waals surface area (Å²) in [7, 11) is 0. The second kappa shape index (κ2) is 7.64. The van der Waals surface area contributed by atoms with Crippen LogP contribution in [0.1, 0.15) is 40.0 Å². The average molecular weight is 384 g/mol. The number of isocyanates is 1. The van der Waals surface area contributed by atoms with Crippen molar-refractivity contribution in [2.75, 3.05) is 11.9 Å². The summed E-state index contributed by atoms with van der Waals surface area (Å²) in [4.78, 5) is 26.6. The minimum Gasteiger partial charge on any atom is -0.506 e. The molecular weight excluding hydrogens is 361 g/mol. The topological polar surface area (TPSA) is 90.8 Å². The van der Waals surface area contributed by atoms with Crippen LogP contribution in [-0.4, -0.2) is 29.8 Å². The number of amides is 2. The number of benzene rings is 1. The molecule has 1 aliphatic rings. The number of nitrogens with one attached hydrogen (secondary N) is 2. The molecular formula is C18H23ClFN3O3. The van der Waals surface area contributed by atoms with Gasteiger partial charge < -0.3 is 15.7 Å². The van der Waals surface area contributed by atoms with Crippen LogP contribution in [0.5, 0.6) is 5.75 Å². The van der Waals surface area contributed by atoms with Gasteiger partial charge in [0.15, 0.2) is 5.82 Å². The van der Waals surface area contributed by atoms with E-state index in [1.54, 1.807) is 6.08 Å². The van der Waals surface area contributed by atoms with E-state index in [-0.39, 0.29) is 27.6 Å². The molecule has 0 bridgehead atoms. The third kappa shape index (κ3) is 5.19. The maximum atomic E-state index is 13.8. The quantitative estimate of drug-likeness (QED) is 0.413. The molecule has 1 aromatic rings. The molecule has 2 amide bonds. The van der Waals surface area contributed by atoms with Gasteiger partial charge in [-0.3, -0.25) is 0 Å². The molecule has 1 aromatic carbocycles. The van der Waals surface area contributed by atoms with Gasteiger partial charge in [-0.2, -0.15) is 0 Å². The lowest BCUT2D eigenvalue weighted by Crippen LogP contribution is -2.45. The molecule has 2 unspecified atom stereocenters. The fourth-order valence-electron chi connectivity index (χ4n) is 3.97. The average Bonchev–Trinajstić information content (AvgIpc) is 2.49. The Morgan fingerprint density at radius 1 is 1.42 bits per heavy atom. The molecule has 0 radical (unpaired) electrons. The summed E-state index contributed by atoms with van der Waals surface area (Å²) in [6.07, 6.45) is 3.93. The predicted molar refractivity (Wildman–Crippen MR) is 97.7 cm³/mol. The van der Waals surface area contributed by atoms with Crippen LogP contribution in [0.3, 0.4) is 0 Å². The van der Waals surface area contributed by atoms with Gasteiger partial charge in [0.25, 0.3) is 0 Å². The van der Waals surface area contributed by atoms with E-state index >= 15 is 0 Å². The lowest BCUT2D eigenvalue weighted by atomic mass is 9.63. The number of phenolic OH excluding ortho intramolecular Hbond substituents is 1. The number of rotatable bonds is 4. The molecule has 6 nitrogen and oxygen atoms in total. The zero-order valence-electron chi connectivity index (χ0n) is 15.0. The van der Waals surface area contributed by atoms with Crippen molar-refractivity contribution in [3.63, 3.8) is 0 Å². The molecule has 8 heteroatoms. The van der Waals surface area contributed by atoms with Crippen LogP contribution < -0.4 is 10.6 Å². The number of anilines is 1. The summed E-state index contributed by atoms with van der Waals surface area (Å²) in [5, 5.41) is 14.4. The van der Waals surface area contributed by atoms with Gasteiger partial charge in [-0.25, -0.2) is 19.0 Å². The van der Waals surface area contributed by atoms with Crippen molar-refractivity contribution in [2.45, 2.75) is 46.1 Å². The molecule has 1 fully saturated rings. The van der Waals surface area contributed by atoms with E-state index in [2.05, 4.69) is 29.5 Å². The van der Waals surface area contributed by atoms with E-state index in [0.717, 1.165) is 25.0 Å². The number of phenols is 1. The third-order valence-electron chi connectivity index (χ3n) is 4.62. The number of carbonyl (C=O) groups excluding carboxylic acids is 2. The van der Waals surface area contributed by atoms with Gasteiger partial charge in [-0.1, -0.05) is 32.4 Å². The minimum absolute atomic E-state index is 0.0211. The van der Waals surface area contributed by atoms with Crippen molar-refractivity contribution in [3.05, 3.63) is 23.0 Å². The number of hydrogen-bond acceptors (Lipinski definition) is 4. The molecule has 2 rings (SSSR count). The van der Waals surface area contributed by atoms with Crippen molar-refractivity contribution >= 4 is 29.4 Å². The van der Waals surface area contributed by atoms with Gasteiger partial charge in [0, 0.05) is 12.6 Å². The van der Waals surface area contributed by atoms with Gasteiger partial charge in [0.1, 0.15) is 5.75 Å². The first-order chi connectivity index (χ1) is 12.0. The molecule has 142 valence electrons. The Bertz CT molecular complexity index is 749. The molecule has 0 saturated heterocycles. The van der Waals surface area contributed by atoms with Crippen molar-refractivity contribution < 1.29 is 19.1 Å². The number of carbonyl (C=O) groups is 1. The van der Waals surface area contributed by atoms with E-state index in [9.17, 15) is 19.1 Å². The van der Waals surface area contributed by atoms with Crippen LogP contribution in [0.25, 0.3) is 0 Å². The Hall–Kier alpha value is -2.11. The monoisotopic (exact) mass is 383 g/mol. The second-order valence-electron chi connectivity index (χ2n) is 8.03. The Labute approximate surface area is 156 Å². The van der Waals surface area contributed by atoms with Crippen LogP contribution in [0, 0.1) is 16.6 Å². The highest BCUT2D eigenvalue weighted by molar-refractivity contribution is 6.32. The van der Waals surface area contributed by atoms with Gasteiger partial charge in [0.05, 0.1) is 16.8 Å². The highest BCUT2D eigenvalue weighted by Crippen LogP contribution is 2.46. The predicted octanol–water partition coefficient (Wildman–Crippen LogP) is 4.23. The Morgan fingerprint density at radius 3 is 2.77 bits per heavy atom. The molecule has 1 aliphatic carbocycles. The van der Waals surface area contributed by atoms with Gasteiger partial charge in [-0.15, -0.1) is 0 Å². The number of aromatic hydroxyl groups is 1. The first-order valence-electron chi connectivity index (χ1n) is 8.33. The first kappa shape index (κ1) is 20.2. The van der Waals surface area contributed by atoms with Crippen LogP contribution in [0.2, 0.25) is 5.02 Å². The Kier molecular flexibility index (Phi) is 5.94. The fourth-order valence-corrected chi connectivity index (χ4v) is 4.14. The fraction of sp³-hybridized carbons (Fsp3) is 0.556. The van der Waals surface area contributed by atoms with Crippen molar-refractivity contribution in [1.29, 1.82) is 0 Å². The lowest BCUT2D eigenvalue weighted by Gasteiger charge is -2.45. The van der Waals surface area contributed by atoms with Crippen LogP contribution in [0.4, 0.5) is 14.9 Å². The van der Waals surface area contributed by atoms with E-state index in [4.69, 9.17) is 11.6 Å². The number of aliphatic imine (C=N–C) groups is 1. The van der Waals surface area contributed by atoms with Crippen LogP contribution in [-0.2, 0) is 4.79 Å². The van der Waals surface area contributed by atoms with Crippen molar-refractivity contribution in [1.82, 2.24) is 5.32 Å². The maximum Gasteiger partial charge on any atom is 0.319 e. The summed E-state index contributed by atoms with van der Waals surface area (Å²) in [5.74, 6) is -1.18. The van der Waals surface area contributed by atoms with Crippen LogP contribution in [0.15, 0.2) is 17.1 Å². The van der Waals surface area contributed by atoms with Gasteiger partial charge in [0.2, 0.25) is 6.08 Å². The van der Waals surface area contributed by atoms with Crippen molar-refractivity contribution in [3.8, 4) is 5.75 Å². The molecule has 1 saturated carbocycles. The summed E-state index contributed by atoms with van der Waals surface area (Å²) >= 11 is 5.74. The summed E-state index contributed by atoms with van der Waals surface area (Å²) in [6.45, 7) is 6.58. The van der Waals surface area contributed by atoms with E-state index in [0.29, 0.717) is 13.0 Å². The SMILES string of the molecule is CC1(C)CC(N=C=O)CC(C)(CNC(=O)Nc2cc(Cl)c(O)cc2F)C1. The highest BCUT2D eigenvalue weighted by atomic mass is 35.5. The number of hydrogen-bond donors (Lipinski definition) is 3. The van der Waals surface area contributed by atoms with Gasteiger partial charge >= 0.3 is 6.03 Å². The lowest BCUT2D eigenvalue weighted by molar-refractivity contribution is 0.0855. The second-order valence-corrected chi connectivity index (χ2v) is 8.43. The molecule has 0 aliphatic heterocycles. The molecule has 2 atom stereocenters. The largest absolute Gasteiger partial charge is 0.506 e. The highest BCUT2D eigenvalue weighted by Gasteiger charge is 2.41. The first-order valence-corrected chi connectivity index (χ1v) is 8.71.